The van der Waals surface area contributed by atoms with Crippen LogP contribution >= 0.6 is 11.8 Å². The van der Waals surface area contributed by atoms with Crippen molar-refractivity contribution in [1.82, 2.24) is 9.80 Å². The second-order valence-corrected chi connectivity index (χ2v) is 7.87. The van der Waals surface area contributed by atoms with E-state index < -0.39 is 12.1 Å². The Morgan fingerprint density at radius 3 is 2.56 bits per heavy atom. The van der Waals surface area contributed by atoms with Gasteiger partial charge in [-0.3, -0.25) is 9.59 Å². The van der Waals surface area contributed by atoms with Crippen LogP contribution in [0.2, 0.25) is 0 Å². The molecule has 2 aliphatic heterocycles. The molecule has 2 heterocycles. The monoisotopic (exact) mass is 392 g/mol. The van der Waals surface area contributed by atoms with E-state index in [2.05, 4.69) is 0 Å². The van der Waals surface area contributed by atoms with Crippen molar-refractivity contribution < 1.29 is 24.2 Å². The van der Waals surface area contributed by atoms with Crippen LogP contribution in [0, 0.1) is 0 Å². The highest BCUT2D eigenvalue weighted by atomic mass is 32.2. The van der Waals surface area contributed by atoms with Gasteiger partial charge in [0.25, 0.3) is 5.91 Å². The maximum atomic E-state index is 13.0. The molecule has 0 spiro atoms. The normalized spacial score (nSPS) is 22.7. The van der Waals surface area contributed by atoms with E-state index >= 15 is 0 Å². The summed E-state index contributed by atoms with van der Waals surface area (Å²) in [5.41, 5.74) is 0.495. The molecule has 1 N–H and O–H groups in total. The Balaban J connectivity index is 1.69. The number of thioether (sulfide) groups is 1. The smallest absolute Gasteiger partial charge is 0.334 e. The highest BCUT2D eigenvalue weighted by molar-refractivity contribution is 8.00. The number of rotatable bonds is 5. The molecular formula is C19H24N2O5S. The van der Waals surface area contributed by atoms with Crippen molar-refractivity contribution >= 4 is 29.5 Å². The minimum absolute atomic E-state index is 0.0181. The van der Waals surface area contributed by atoms with Crippen LogP contribution in [-0.2, 0) is 14.3 Å². The molecule has 8 heteroatoms. The van der Waals surface area contributed by atoms with Crippen LogP contribution in [0.5, 0.6) is 0 Å². The van der Waals surface area contributed by atoms with Crippen LogP contribution in [0.1, 0.15) is 30.1 Å². The van der Waals surface area contributed by atoms with E-state index in [0.29, 0.717) is 17.9 Å². The number of carbonyl (C=O) groups excluding carboxylic acids is 2. The van der Waals surface area contributed by atoms with E-state index in [4.69, 9.17) is 4.74 Å². The number of morpholine rings is 1. The number of carboxylic acids is 1. The van der Waals surface area contributed by atoms with Gasteiger partial charge >= 0.3 is 5.97 Å². The molecule has 2 fully saturated rings. The summed E-state index contributed by atoms with van der Waals surface area (Å²) < 4.78 is 5.38. The van der Waals surface area contributed by atoms with Gasteiger partial charge in [-0.25, -0.2) is 4.79 Å². The van der Waals surface area contributed by atoms with Crippen LogP contribution in [0.15, 0.2) is 29.2 Å². The number of hydrogen-bond donors (Lipinski definition) is 1. The number of nitrogens with zero attached hydrogens (tertiary/aromatic N) is 2. The molecule has 0 aliphatic carbocycles. The third kappa shape index (κ3) is 4.81. The topological polar surface area (TPSA) is 87.2 Å². The lowest BCUT2D eigenvalue weighted by molar-refractivity contribution is -0.160. The molecule has 1 unspecified atom stereocenters. The number of likely N-dealkylation sites (tertiary alicyclic amines) is 1. The van der Waals surface area contributed by atoms with Gasteiger partial charge in [0.1, 0.15) is 0 Å². The summed E-state index contributed by atoms with van der Waals surface area (Å²) in [6.07, 6.45) is 0.728. The van der Waals surface area contributed by atoms with Gasteiger partial charge in [-0.2, -0.15) is 0 Å². The lowest BCUT2D eigenvalue weighted by atomic mass is 10.1. The molecule has 0 radical (unpaired) electrons. The zero-order valence-electron chi connectivity index (χ0n) is 15.3. The summed E-state index contributed by atoms with van der Waals surface area (Å²) in [5, 5.41) is 9.22. The van der Waals surface area contributed by atoms with Crippen LogP contribution in [0.3, 0.4) is 0 Å². The highest BCUT2D eigenvalue weighted by Gasteiger charge is 2.33. The molecule has 0 saturated carbocycles. The zero-order valence-corrected chi connectivity index (χ0v) is 16.1. The molecule has 3 rings (SSSR count). The molecule has 27 heavy (non-hydrogen) atoms. The Labute approximate surface area is 162 Å². The third-order valence-electron chi connectivity index (χ3n) is 4.75. The molecule has 0 bridgehead atoms. The predicted octanol–water partition coefficient (Wildman–Crippen LogP) is 1.72. The minimum atomic E-state index is -1.07. The second-order valence-electron chi connectivity index (χ2n) is 6.86. The van der Waals surface area contributed by atoms with Gasteiger partial charge in [-0.15, -0.1) is 11.8 Å². The van der Waals surface area contributed by atoms with E-state index in [0.717, 1.165) is 30.8 Å². The highest BCUT2D eigenvalue weighted by Crippen LogP contribution is 2.26. The fraction of sp³-hybridized carbons (Fsp3) is 0.526. The number of benzene rings is 1. The number of ether oxygens (including phenoxy) is 1. The summed E-state index contributed by atoms with van der Waals surface area (Å²) in [6.45, 7) is 3.73. The Morgan fingerprint density at radius 2 is 1.85 bits per heavy atom. The first-order valence-electron chi connectivity index (χ1n) is 9.13. The third-order valence-corrected chi connectivity index (χ3v) is 5.81. The SMILES string of the molecule is C[C@@H]1CN(C(=O)c2ccccc2SCC(=O)N2CCCC2)CC(C(=O)O)O1. The first-order valence-corrected chi connectivity index (χ1v) is 10.1. The van der Waals surface area contributed by atoms with E-state index in [9.17, 15) is 19.5 Å². The van der Waals surface area contributed by atoms with Crippen LogP contribution < -0.4 is 0 Å². The quantitative estimate of drug-likeness (QED) is 0.768. The van der Waals surface area contributed by atoms with E-state index in [1.807, 2.05) is 17.0 Å². The summed E-state index contributed by atoms with van der Waals surface area (Å²) in [5.74, 6) is -0.918. The molecule has 1 aromatic carbocycles. The van der Waals surface area contributed by atoms with Gasteiger partial charge in [0.2, 0.25) is 5.91 Å². The molecule has 7 nitrogen and oxygen atoms in total. The number of aliphatic carboxylic acids is 1. The van der Waals surface area contributed by atoms with E-state index in [1.165, 1.54) is 16.7 Å². The standard InChI is InChI=1S/C19H24N2O5S/c1-13-10-21(11-15(26-13)19(24)25)18(23)14-6-2-3-7-16(14)27-12-17(22)20-8-4-5-9-20/h2-3,6-7,13,15H,4-5,8-12H2,1H3,(H,24,25)/t13-,15?/m1/s1. The molecule has 1 aromatic rings. The van der Waals surface area contributed by atoms with Crippen molar-refractivity contribution in [3.8, 4) is 0 Å². The zero-order chi connectivity index (χ0) is 19.4. The lowest BCUT2D eigenvalue weighted by Crippen LogP contribution is -2.51. The Kier molecular flexibility index (Phi) is 6.38. The molecule has 2 aliphatic rings. The van der Waals surface area contributed by atoms with Crippen LogP contribution in [-0.4, -0.2) is 76.8 Å². The molecule has 0 aromatic heterocycles. The van der Waals surface area contributed by atoms with Gasteiger partial charge in [0, 0.05) is 24.5 Å². The van der Waals surface area contributed by atoms with Crippen molar-refractivity contribution in [3.05, 3.63) is 29.8 Å². The minimum Gasteiger partial charge on any atom is -0.479 e. The van der Waals surface area contributed by atoms with Crippen molar-refractivity contribution in [3.63, 3.8) is 0 Å². The maximum absolute atomic E-state index is 13.0. The molecule has 2 amide bonds. The fourth-order valence-corrected chi connectivity index (χ4v) is 4.34. The largest absolute Gasteiger partial charge is 0.479 e. The van der Waals surface area contributed by atoms with Gasteiger partial charge < -0.3 is 19.6 Å². The summed E-state index contributed by atoms with van der Waals surface area (Å²) in [4.78, 5) is 40.7. The molecule has 146 valence electrons. The van der Waals surface area contributed by atoms with Crippen LogP contribution in [0.4, 0.5) is 0 Å². The van der Waals surface area contributed by atoms with Gasteiger partial charge in [0.05, 0.1) is 24.0 Å². The molecule has 2 saturated heterocycles. The van der Waals surface area contributed by atoms with Crippen molar-refractivity contribution in [2.45, 2.75) is 36.9 Å². The number of amides is 2. The van der Waals surface area contributed by atoms with E-state index in [1.54, 1.807) is 19.1 Å². The van der Waals surface area contributed by atoms with E-state index in [-0.39, 0.29) is 24.5 Å². The summed E-state index contributed by atoms with van der Waals surface area (Å²) in [7, 11) is 0. The van der Waals surface area contributed by atoms with Crippen molar-refractivity contribution in [2.24, 2.45) is 0 Å². The Morgan fingerprint density at radius 1 is 1.15 bits per heavy atom. The molecular weight excluding hydrogens is 368 g/mol. The number of carbonyl (C=O) groups is 3. The lowest BCUT2D eigenvalue weighted by Gasteiger charge is -2.35. The number of hydrogen-bond acceptors (Lipinski definition) is 5. The van der Waals surface area contributed by atoms with Crippen molar-refractivity contribution in [2.75, 3.05) is 31.9 Å². The van der Waals surface area contributed by atoms with Gasteiger partial charge in [0.15, 0.2) is 6.10 Å². The Bertz CT molecular complexity index is 720. The predicted molar refractivity (Wildman–Crippen MR) is 101 cm³/mol. The molecule has 2 atom stereocenters. The second kappa shape index (κ2) is 8.75. The first kappa shape index (κ1) is 19.7. The Hall–Kier alpha value is -2.06. The average molecular weight is 392 g/mol. The van der Waals surface area contributed by atoms with Crippen LogP contribution in [0.25, 0.3) is 0 Å². The van der Waals surface area contributed by atoms with Gasteiger partial charge in [-0.1, -0.05) is 12.1 Å². The summed E-state index contributed by atoms with van der Waals surface area (Å²) >= 11 is 1.36. The summed E-state index contributed by atoms with van der Waals surface area (Å²) in [6, 6.07) is 7.16. The first-order chi connectivity index (χ1) is 13.0. The van der Waals surface area contributed by atoms with Crippen molar-refractivity contribution in [1.29, 1.82) is 0 Å². The fourth-order valence-electron chi connectivity index (χ4n) is 3.39. The average Bonchev–Trinajstić information content (AvgIpc) is 3.20. The maximum Gasteiger partial charge on any atom is 0.334 e. The van der Waals surface area contributed by atoms with Gasteiger partial charge in [-0.05, 0) is 31.9 Å². The number of carboxylic acid groups (broad SMARTS) is 1.